The molecule has 5 heteroatoms. The van der Waals surface area contributed by atoms with Crippen LogP contribution in [0.15, 0.2) is 77.5 Å². The molecule has 1 aliphatic rings. The van der Waals surface area contributed by atoms with Gasteiger partial charge in [-0.05, 0) is 17.2 Å². The molecule has 0 aliphatic carbocycles. The predicted octanol–water partition coefficient (Wildman–Crippen LogP) is 3.21. The van der Waals surface area contributed by atoms with Crippen molar-refractivity contribution in [3.63, 3.8) is 0 Å². The minimum atomic E-state index is -1.02. The number of carboxylic acid groups (broad SMARTS) is 1. The second kappa shape index (κ2) is 8.26. The molecule has 1 N–H and O–H groups in total. The molecule has 25 heavy (non-hydrogen) atoms. The third kappa shape index (κ3) is 4.78. The van der Waals surface area contributed by atoms with E-state index in [1.807, 2.05) is 60.7 Å². The Hall–Kier alpha value is -2.92. The van der Waals surface area contributed by atoms with Crippen molar-refractivity contribution >= 4 is 12.2 Å². The Morgan fingerprint density at radius 2 is 1.56 bits per heavy atom. The quantitative estimate of drug-likeness (QED) is 0.842. The zero-order valence-electron chi connectivity index (χ0n) is 13.6. The highest BCUT2D eigenvalue weighted by Crippen LogP contribution is 2.17. The van der Waals surface area contributed by atoms with Crippen LogP contribution in [0.4, 0.5) is 0 Å². The lowest BCUT2D eigenvalue weighted by atomic mass is 10.1. The first-order valence-corrected chi connectivity index (χ1v) is 8.02. The van der Waals surface area contributed by atoms with Crippen molar-refractivity contribution in [3.8, 4) is 0 Å². The maximum atomic E-state index is 11.4. The SMILES string of the molecule is O=C(O)C1N=CC(OCc2ccccc2)=CC1OCc1ccccc1. The zero-order chi connectivity index (χ0) is 17.5. The van der Waals surface area contributed by atoms with Gasteiger partial charge in [-0.3, -0.25) is 4.99 Å². The largest absolute Gasteiger partial charge is 0.488 e. The number of nitrogens with zero attached hydrogens (tertiary/aromatic N) is 1. The number of ether oxygens (including phenoxy) is 2. The van der Waals surface area contributed by atoms with Crippen LogP contribution in [0.3, 0.4) is 0 Å². The first-order valence-electron chi connectivity index (χ1n) is 8.02. The van der Waals surface area contributed by atoms with Gasteiger partial charge in [0.05, 0.1) is 12.8 Å². The molecule has 5 nitrogen and oxygen atoms in total. The van der Waals surface area contributed by atoms with Crippen molar-refractivity contribution in [2.45, 2.75) is 25.4 Å². The molecule has 0 fully saturated rings. The molecule has 0 saturated carbocycles. The van der Waals surface area contributed by atoms with E-state index in [1.54, 1.807) is 6.08 Å². The summed E-state index contributed by atoms with van der Waals surface area (Å²) < 4.78 is 11.5. The summed E-state index contributed by atoms with van der Waals surface area (Å²) in [6.07, 6.45) is 2.45. The van der Waals surface area contributed by atoms with Crippen molar-refractivity contribution in [1.82, 2.24) is 0 Å². The predicted molar refractivity (Wildman–Crippen MR) is 94.2 cm³/mol. The second-order valence-corrected chi connectivity index (χ2v) is 5.67. The van der Waals surface area contributed by atoms with Crippen LogP contribution in [-0.4, -0.2) is 29.4 Å². The molecule has 128 valence electrons. The lowest BCUT2D eigenvalue weighted by Gasteiger charge is -2.23. The molecule has 1 aliphatic heterocycles. The van der Waals surface area contributed by atoms with Crippen molar-refractivity contribution < 1.29 is 19.4 Å². The van der Waals surface area contributed by atoms with Crippen LogP contribution in [0.5, 0.6) is 0 Å². The summed E-state index contributed by atoms with van der Waals surface area (Å²) in [5.41, 5.74) is 2.00. The molecule has 0 spiro atoms. The summed E-state index contributed by atoms with van der Waals surface area (Å²) in [4.78, 5) is 15.5. The van der Waals surface area contributed by atoms with Gasteiger partial charge >= 0.3 is 5.97 Å². The van der Waals surface area contributed by atoms with E-state index in [9.17, 15) is 9.90 Å². The number of carboxylic acids is 1. The van der Waals surface area contributed by atoms with Crippen LogP contribution in [0.2, 0.25) is 0 Å². The zero-order valence-corrected chi connectivity index (χ0v) is 13.6. The number of carbonyl (C=O) groups is 1. The third-order valence-corrected chi connectivity index (χ3v) is 3.79. The van der Waals surface area contributed by atoms with E-state index in [0.717, 1.165) is 11.1 Å². The van der Waals surface area contributed by atoms with Gasteiger partial charge in [-0.1, -0.05) is 60.7 Å². The maximum Gasteiger partial charge on any atom is 0.331 e. The fourth-order valence-electron chi connectivity index (χ4n) is 2.47. The lowest BCUT2D eigenvalue weighted by Crippen LogP contribution is -2.36. The molecule has 0 bridgehead atoms. The van der Waals surface area contributed by atoms with Gasteiger partial charge in [0.1, 0.15) is 18.5 Å². The van der Waals surface area contributed by atoms with E-state index < -0.39 is 18.1 Å². The summed E-state index contributed by atoms with van der Waals surface area (Å²) in [6, 6.07) is 18.4. The maximum absolute atomic E-state index is 11.4. The number of allylic oxidation sites excluding steroid dienone is 1. The highest BCUT2D eigenvalue weighted by atomic mass is 16.5. The highest BCUT2D eigenvalue weighted by Gasteiger charge is 2.30. The van der Waals surface area contributed by atoms with Crippen LogP contribution in [0, 0.1) is 0 Å². The first-order chi connectivity index (χ1) is 12.2. The monoisotopic (exact) mass is 337 g/mol. The molecule has 2 aromatic rings. The molecule has 1 heterocycles. The number of aliphatic carboxylic acids is 1. The van der Waals surface area contributed by atoms with Gasteiger partial charge in [0, 0.05) is 0 Å². The van der Waals surface area contributed by atoms with E-state index in [1.165, 1.54) is 6.21 Å². The molecular weight excluding hydrogens is 318 g/mol. The molecule has 3 rings (SSSR count). The summed E-state index contributed by atoms with van der Waals surface area (Å²) in [5.74, 6) is -0.507. The average Bonchev–Trinajstić information content (AvgIpc) is 2.66. The third-order valence-electron chi connectivity index (χ3n) is 3.79. The van der Waals surface area contributed by atoms with Gasteiger partial charge in [-0.25, -0.2) is 4.79 Å². The molecule has 0 amide bonds. The number of dihydropyridines is 1. The van der Waals surface area contributed by atoms with E-state index in [-0.39, 0.29) is 0 Å². The molecule has 0 saturated heterocycles. The van der Waals surface area contributed by atoms with Crippen LogP contribution in [-0.2, 0) is 27.5 Å². The summed E-state index contributed by atoms with van der Waals surface area (Å²) in [5, 5.41) is 9.34. The van der Waals surface area contributed by atoms with Gasteiger partial charge in [0.2, 0.25) is 0 Å². The molecule has 0 aromatic heterocycles. The summed E-state index contributed by atoms with van der Waals surface area (Å²) >= 11 is 0. The summed E-state index contributed by atoms with van der Waals surface area (Å²) in [6.45, 7) is 0.703. The van der Waals surface area contributed by atoms with Crippen LogP contribution >= 0.6 is 0 Å². The molecule has 0 radical (unpaired) electrons. The number of hydrogen-bond acceptors (Lipinski definition) is 4. The Bertz CT molecular complexity index is 756. The van der Waals surface area contributed by atoms with Crippen LogP contribution in [0.25, 0.3) is 0 Å². The number of benzene rings is 2. The van der Waals surface area contributed by atoms with Gasteiger partial charge < -0.3 is 14.6 Å². The van der Waals surface area contributed by atoms with Gasteiger partial charge in [-0.2, -0.15) is 0 Å². The van der Waals surface area contributed by atoms with Crippen LogP contribution in [0.1, 0.15) is 11.1 Å². The number of rotatable bonds is 7. The van der Waals surface area contributed by atoms with E-state index in [4.69, 9.17) is 9.47 Å². The number of aliphatic imine (C=N–C) groups is 1. The van der Waals surface area contributed by atoms with Gasteiger partial charge in [0.25, 0.3) is 0 Å². The normalized spacial score (nSPS) is 19.3. The van der Waals surface area contributed by atoms with Crippen LogP contribution < -0.4 is 0 Å². The van der Waals surface area contributed by atoms with E-state index >= 15 is 0 Å². The minimum Gasteiger partial charge on any atom is -0.488 e. The summed E-state index contributed by atoms with van der Waals surface area (Å²) in [7, 11) is 0. The fourth-order valence-corrected chi connectivity index (χ4v) is 2.47. The minimum absolute atomic E-state index is 0.313. The van der Waals surface area contributed by atoms with E-state index in [2.05, 4.69) is 4.99 Å². The fraction of sp³-hybridized carbons (Fsp3) is 0.200. The highest BCUT2D eigenvalue weighted by molar-refractivity contribution is 5.84. The van der Waals surface area contributed by atoms with Gasteiger partial charge in [-0.15, -0.1) is 0 Å². The molecular formula is C20H19NO4. The Labute approximate surface area is 146 Å². The Kier molecular flexibility index (Phi) is 5.59. The Balaban J connectivity index is 1.65. The molecule has 2 atom stereocenters. The van der Waals surface area contributed by atoms with Crippen molar-refractivity contribution in [2.24, 2.45) is 4.99 Å². The average molecular weight is 337 g/mol. The Morgan fingerprint density at radius 3 is 2.16 bits per heavy atom. The standard InChI is InChI=1S/C20H19NO4/c22-20(23)19-18(25-14-16-9-5-2-6-10-16)11-17(12-21-19)24-13-15-7-3-1-4-8-15/h1-12,18-19H,13-14H2,(H,22,23). The number of hydrogen-bond donors (Lipinski definition) is 1. The van der Waals surface area contributed by atoms with Crippen molar-refractivity contribution in [2.75, 3.05) is 0 Å². The van der Waals surface area contributed by atoms with Gasteiger partial charge in [0.15, 0.2) is 6.04 Å². The Morgan fingerprint density at radius 1 is 0.960 bits per heavy atom. The van der Waals surface area contributed by atoms with E-state index in [0.29, 0.717) is 19.0 Å². The molecule has 2 aromatic carbocycles. The smallest absolute Gasteiger partial charge is 0.331 e. The topological polar surface area (TPSA) is 68.1 Å². The lowest BCUT2D eigenvalue weighted by molar-refractivity contribution is -0.141. The van der Waals surface area contributed by atoms with Crippen molar-refractivity contribution in [1.29, 1.82) is 0 Å². The first kappa shape index (κ1) is 16.9. The van der Waals surface area contributed by atoms with Crippen molar-refractivity contribution in [3.05, 3.63) is 83.6 Å². The second-order valence-electron chi connectivity index (χ2n) is 5.67. The molecule has 2 unspecified atom stereocenters.